The van der Waals surface area contributed by atoms with Crippen molar-refractivity contribution in [2.45, 2.75) is 6.42 Å². The highest BCUT2D eigenvalue weighted by Gasteiger charge is 2.04. The molecule has 0 bridgehead atoms. The van der Waals surface area contributed by atoms with E-state index in [0.717, 1.165) is 6.07 Å². The lowest BCUT2D eigenvalue weighted by Gasteiger charge is -2.03. The van der Waals surface area contributed by atoms with Crippen LogP contribution < -0.4 is 5.32 Å². The molecule has 0 unspecified atom stereocenters. The molecule has 17 heavy (non-hydrogen) atoms. The van der Waals surface area contributed by atoms with Crippen LogP contribution >= 0.6 is 0 Å². The Morgan fingerprint density at radius 3 is 2.53 bits per heavy atom. The van der Waals surface area contributed by atoms with E-state index in [9.17, 15) is 8.78 Å². The van der Waals surface area contributed by atoms with Gasteiger partial charge >= 0.3 is 0 Å². The van der Waals surface area contributed by atoms with Crippen molar-refractivity contribution in [3.8, 4) is 0 Å². The van der Waals surface area contributed by atoms with E-state index in [0.29, 0.717) is 23.6 Å². The van der Waals surface area contributed by atoms with Crippen molar-refractivity contribution < 1.29 is 8.78 Å². The Balaban J connectivity index is 2.24. The molecule has 0 amide bonds. The number of aromatic nitrogens is 2. The Bertz CT molecular complexity index is 509. The molecule has 88 valence electrons. The molecule has 1 aromatic heterocycles. The smallest absolute Gasteiger partial charge is 0.135 e. The number of nitrogens with one attached hydrogen (secondary N) is 1. The summed E-state index contributed by atoms with van der Waals surface area (Å²) in [6.07, 6.45) is 1.90. The first kappa shape index (κ1) is 11.4. The summed E-state index contributed by atoms with van der Waals surface area (Å²) in [6, 6.07) is 5.11. The van der Waals surface area contributed by atoms with Crippen molar-refractivity contribution in [2.75, 3.05) is 12.4 Å². The van der Waals surface area contributed by atoms with Crippen molar-refractivity contribution >= 4 is 5.82 Å². The maximum Gasteiger partial charge on any atom is 0.135 e. The summed E-state index contributed by atoms with van der Waals surface area (Å²) in [5.74, 6) is 0.00303. The quantitative estimate of drug-likeness (QED) is 0.887. The summed E-state index contributed by atoms with van der Waals surface area (Å²) in [4.78, 5) is 8.22. The summed E-state index contributed by atoms with van der Waals surface area (Å²) in [5, 5.41) is 2.88. The Labute approximate surface area is 97.5 Å². The Kier molecular flexibility index (Phi) is 3.27. The highest BCUT2D eigenvalue weighted by atomic mass is 19.1. The van der Waals surface area contributed by atoms with E-state index in [1.54, 1.807) is 19.3 Å². The molecular weight excluding hydrogens is 224 g/mol. The van der Waals surface area contributed by atoms with E-state index < -0.39 is 11.6 Å². The van der Waals surface area contributed by atoms with E-state index in [1.165, 1.54) is 12.1 Å². The third-order valence-electron chi connectivity index (χ3n) is 2.25. The monoisotopic (exact) mass is 235 g/mol. The number of hydrogen-bond acceptors (Lipinski definition) is 3. The van der Waals surface area contributed by atoms with Gasteiger partial charge in [-0.25, -0.2) is 18.7 Å². The first-order valence-corrected chi connectivity index (χ1v) is 5.12. The van der Waals surface area contributed by atoms with Crippen LogP contribution in [0.25, 0.3) is 0 Å². The van der Waals surface area contributed by atoms with Crippen LogP contribution in [0.4, 0.5) is 14.6 Å². The van der Waals surface area contributed by atoms with Gasteiger partial charge in [0, 0.05) is 25.7 Å². The van der Waals surface area contributed by atoms with Gasteiger partial charge in [0.05, 0.1) is 0 Å². The van der Waals surface area contributed by atoms with Gasteiger partial charge in [-0.3, -0.25) is 0 Å². The zero-order valence-corrected chi connectivity index (χ0v) is 9.24. The second-order valence-electron chi connectivity index (χ2n) is 3.56. The average molecular weight is 235 g/mol. The number of rotatable bonds is 3. The van der Waals surface area contributed by atoms with Crippen LogP contribution in [0, 0.1) is 11.6 Å². The molecular formula is C12H11F2N3. The number of anilines is 1. The van der Waals surface area contributed by atoms with E-state index in [-0.39, 0.29) is 0 Å². The molecule has 0 aliphatic carbocycles. The number of hydrogen-bond donors (Lipinski definition) is 1. The SMILES string of the molecule is CNc1ccnc(Cc2cc(F)cc(F)c2)n1. The fraction of sp³-hybridized carbons (Fsp3) is 0.167. The summed E-state index contributed by atoms with van der Waals surface area (Å²) < 4.78 is 26.0. The van der Waals surface area contributed by atoms with Crippen LogP contribution in [-0.4, -0.2) is 17.0 Å². The molecule has 1 heterocycles. The molecule has 3 nitrogen and oxygen atoms in total. The van der Waals surface area contributed by atoms with E-state index in [4.69, 9.17) is 0 Å². The lowest BCUT2D eigenvalue weighted by molar-refractivity contribution is 0.580. The normalized spacial score (nSPS) is 10.3. The molecule has 1 aromatic carbocycles. The number of nitrogens with zero attached hydrogens (tertiary/aromatic N) is 2. The molecule has 0 saturated carbocycles. The molecule has 2 aromatic rings. The largest absolute Gasteiger partial charge is 0.373 e. The maximum absolute atomic E-state index is 13.0. The van der Waals surface area contributed by atoms with Gasteiger partial charge in [0.15, 0.2) is 0 Å². The Morgan fingerprint density at radius 2 is 1.88 bits per heavy atom. The minimum absolute atomic E-state index is 0.296. The highest BCUT2D eigenvalue weighted by molar-refractivity contribution is 5.32. The van der Waals surface area contributed by atoms with E-state index in [1.807, 2.05) is 0 Å². The van der Waals surface area contributed by atoms with Gasteiger partial charge in [0.2, 0.25) is 0 Å². The molecule has 5 heteroatoms. The Morgan fingerprint density at radius 1 is 1.18 bits per heavy atom. The molecule has 0 radical (unpaired) electrons. The average Bonchev–Trinajstić information content (AvgIpc) is 2.28. The lowest BCUT2D eigenvalue weighted by Crippen LogP contribution is -2.00. The van der Waals surface area contributed by atoms with Crippen molar-refractivity contribution in [2.24, 2.45) is 0 Å². The lowest BCUT2D eigenvalue weighted by atomic mass is 10.1. The van der Waals surface area contributed by atoms with Crippen molar-refractivity contribution in [3.05, 3.63) is 53.5 Å². The van der Waals surface area contributed by atoms with Gasteiger partial charge < -0.3 is 5.32 Å². The molecule has 1 N–H and O–H groups in total. The van der Waals surface area contributed by atoms with Crippen LogP contribution in [0.2, 0.25) is 0 Å². The minimum Gasteiger partial charge on any atom is -0.373 e. The topological polar surface area (TPSA) is 37.8 Å². The van der Waals surface area contributed by atoms with Gasteiger partial charge in [0.1, 0.15) is 23.3 Å². The van der Waals surface area contributed by atoms with Crippen LogP contribution in [-0.2, 0) is 6.42 Å². The molecule has 0 aliphatic rings. The molecule has 0 atom stereocenters. The van der Waals surface area contributed by atoms with Crippen molar-refractivity contribution in [1.82, 2.24) is 9.97 Å². The molecule has 0 aliphatic heterocycles. The van der Waals surface area contributed by atoms with Gasteiger partial charge in [-0.2, -0.15) is 0 Å². The second-order valence-corrected chi connectivity index (χ2v) is 3.56. The molecule has 0 saturated heterocycles. The zero-order chi connectivity index (χ0) is 12.3. The minimum atomic E-state index is -0.593. The van der Waals surface area contributed by atoms with Gasteiger partial charge in [-0.15, -0.1) is 0 Å². The third kappa shape index (κ3) is 2.96. The fourth-order valence-electron chi connectivity index (χ4n) is 1.52. The van der Waals surface area contributed by atoms with Crippen LogP contribution in [0.5, 0.6) is 0 Å². The van der Waals surface area contributed by atoms with Gasteiger partial charge in [-0.05, 0) is 23.8 Å². The van der Waals surface area contributed by atoms with Crippen LogP contribution in [0.15, 0.2) is 30.5 Å². The third-order valence-corrected chi connectivity index (χ3v) is 2.25. The standard InChI is InChI=1S/C12H11F2N3/c1-15-11-2-3-16-12(17-11)6-8-4-9(13)7-10(14)5-8/h2-5,7H,6H2,1H3,(H,15,16,17). The summed E-state index contributed by atoms with van der Waals surface area (Å²) in [7, 11) is 1.74. The maximum atomic E-state index is 13.0. The fourth-order valence-corrected chi connectivity index (χ4v) is 1.52. The summed E-state index contributed by atoms with van der Waals surface area (Å²) in [6.45, 7) is 0. The first-order valence-electron chi connectivity index (χ1n) is 5.12. The predicted molar refractivity (Wildman–Crippen MR) is 60.7 cm³/mol. The van der Waals surface area contributed by atoms with E-state index >= 15 is 0 Å². The summed E-state index contributed by atoms with van der Waals surface area (Å²) in [5.41, 5.74) is 0.510. The number of halogens is 2. The first-order chi connectivity index (χ1) is 8.17. The number of benzene rings is 1. The molecule has 0 spiro atoms. The van der Waals surface area contributed by atoms with Gasteiger partial charge in [-0.1, -0.05) is 0 Å². The van der Waals surface area contributed by atoms with Crippen LogP contribution in [0.1, 0.15) is 11.4 Å². The summed E-state index contributed by atoms with van der Waals surface area (Å²) >= 11 is 0. The van der Waals surface area contributed by atoms with Gasteiger partial charge in [0.25, 0.3) is 0 Å². The molecule has 0 fully saturated rings. The zero-order valence-electron chi connectivity index (χ0n) is 9.24. The van der Waals surface area contributed by atoms with E-state index in [2.05, 4.69) is 15.3 Å². The second kappa shape index (κ2) is 4.86. The molecule has 2 rings (SSSR count). The highest BCUT2D eigenvalue weighted by Crippen LogP contribution is 2.11. The van der Waals surface area contributed by atoms with Crippen LogP contribution in [0.3, 0.4) is 0 Å². The Hall–Kier alpha value is -2.04. The van der Waals surface area contributed by atoms with Crippen molar-refractivity contribution in [1.29, 1.82) is 0 Å². The van der Waals surface area contributed by atoms with Crippen molar-refractivity contribution in [3.63, 3.8) is 0 Å². The predicted octanol–water partition coefficient (Wildman–Crippen LogP) is 2.39.